The van der Waals surface area contributed by atoms with Gasteiger partial charge in [-0.1, -0.05) is 6.07 Å². The maximum atomic E-state index is 12.3. The molecule has 20 heavy (non-hydrogen) atoms. The quantitative estimate of drug-likeness (QED) is 0.757. The van der Waals surface area contributed by atoms with Crippen molar-refractivity contribution in [2.24, 2.45) is 0 Å². The fourth-order valence-corrected chi connectivity index (χ4v) is 3.38. The zero-order valence-corrected chi connectivity index (χ0v) is 12.4. The summed E-state index contributed by atoms with van der Waals surface area (Å²) >= 11 is 3.20. The molecule has 102 valence electrons. The van der Waals surface area contributed by atoms with Gasteiger partial charge in [-0.25, -0.2) is 8.42 Å². The van der Waals surface area contributed by atoms with Crippen molar-refractivity contribution in [2.45, 2.75) is 4.90 Å². The van der Waals surface area contributed by atoms with Gasteiger partial charge in [0.05, 0.1) is 17.4 Å². The summed E-state index contributed by atoms with van der Waals surface area (Å²) < 4.78 is 27.8. The Balaban J connectivity index is 2.04. The molecule has 0 aliphatic rings. The highest BCUT2D eigenvalue weighted by atomic mass is 79.9. The predicted molar refractivity (Wildman–Crippen MR) is 78.8 cm³/mol. The van der Waals surface area contributed by atoms with E-state index in [0.717, 1.165) is 5.52 Å². The molecule has 2 N–H and O–H groups in total. The van der Waals surface area contributed by atoms with Crippen molar-refractivity contribution in [1.82, 2.24) is 15.2 Å². The zero-order valence-electron chi connectivity index (χ0n) is 10.0. The highest BCUT2D eigenvalue weighted by molar-refractivity contribution is 9.10. The van der Waals surface area contributed by atoms with Crippen LogP contribution >= 0.6 is 15.9 Å². The number of benzene rings is 1. The van der Waals surface area contributed by atoms with E-state index >= 15 is 0 Å². The maximum Gasteiger partial charge on any atom is 0.263 e. The summed E-state index contributed by atoms with van der Waals surface area (Å²) in [6.45, 7) is 0. The maximum absolute atomic E-state index is 12.3. The molecular weight excluding hydrogens is 344 g/mol. The van der Waals surface area contributed by atoms with Gasteiger partial charge in [0, 0.05) is 22.3 Å². The number of pyridine rings is 1. The summed E-state index contributed by atoms with van der Waals surface area (Å²) in [5.74, 6) is 0. The first-order valence-corrected chi connectivity index (χ1v) is 7.89. The summed E-state index contributed by atoms with van der Waals surface area (Å²) in [4.78, 5) is 3.95. The van der Waals surface area contributed by atoms with Gasteiger partial charge in [-0.15, -0.1) is 0 Å². The Kier molecular flexibility index (Phi) is 3.19. The van der Waals surface area contributed by atoms with Crippen molar-refractivity contribution < 1.29 is 8.42 Å². The lowest BCUT2D eigenvalue weighted by atomic mass is 10.2. The minimum atomic E-state index is -3.69. The average molecular weight is 353 g/mol. The van der Waals surface area contributed by atoms with Crippen LogP contribution in [0.25, 0.3) is 10.9 Å². The largest absolute Gasteiger partial charge is 0.279 e. The standard InChI is InChI=1S/C12H9BrN4O2S/c13-8-4-9(6-14-5-8)20(18,19)17-12-3-1-2-11-10(12)7-15-16-11/h1-7,17H,(H,15,16). The molecule has 2 heterocycles. The molecule has 0 spiro atoms. The van der Waals surface area contributed by atoms with E-state index in [-0.39, 0.29) is 4.90 Å². The van der Waals surface area contributed by atoms with Crippen molar-refractivity contribution in [3.63, 3.8) is 0 Å². The second-order valence-corrected chi connectivity index (χ2v) is 6.68. The van der Waals surface area contributed by atoms with Gasteiger partial charge in [0.25, 0.3) is 10.0 Å². The third kappa shape index (κ3) is 2.39. The molecule has 1 aromatic carbocycles. The first-order chi connectivity index (χ1) is 9.56. The lowest BCUT2D eigenvalue weighted by molar-refractivity contribution is 0.601. The van der Waals surface area contributed by atoms with E-state index in [2.05, 4.69) is 35.8 Å². The van der Waals surface area contributed by atoms with Gasteiger partial charge in [-0.2, -0.15) is 5.10 Å². The van der Waals surface area contributed by atoms with E-state index < -0.39 is 10.0 Å². The molecule has 0 amide bonds. The third-order valence-electron chi connectivity index (χ3n) is 2.72. The van der Waals surface area contributed by atoms with Crippen molar-refractivity contribution in [2.75, 3.05) is 4.72 Å². The van der Waals surface area contributed by atoms with Gasteiger partial charge in [0.2, 0.25) is 0 Å². The molecule has 0 aliphatic carbocycles. The van der Waals surface area contributed by atoms with Gasteiger partial charge >= 0.3 is 0 Å². The fourth-order valence-electron chi connectivity index (χ4n) is 1.80. The van der Waals surface area contributed by atoms with Crippen LogP contribution in [0.4, 0.5) is 5.69 Å². The summed E-state index contributed by atoms with van der Waals surface area (Å²) in [5.41, 5.74) is 1.23. The summed E-state index contributed by atoms with van der Waals surface area (Å²) in [7, 11) is -3.69. The van der Waals surface area contributed by atoms with Crippen molar-refractivity contribution in [3.05, 3.63) is 47.3 Å². The summed E-state index contributed by atoms with van der Waals surface area (Å²) in [6, 6.07) is 6.74. The van der Waals surface area contributed by atoms with Crippen LogP contribution in [0, 0.1) is 0 Å². The lowest BCUT2D eigenvalue weighted by Crippen LogP contribution is -2.13. The van der Waals surface area contributed by atoms with Gasteiger partial charge < -0.3 is 0 Å². The molecule has 0 atom stereocenters. The Labute approximate surface area is 123 Å². The predicted octanol–water partition coefficient (Wildman–Crippen LogP) is 2.52. The molecule has 6 nitrogen and oxygen atoms in total. The van der Waals surface area contributed by atoms with Crippen LogP contribution in [0.1, 0.15) is 0 Å². The van der Waals surface area contributed by atoms with Crippen LogP contribution in [-0.4, -0.2) is 23.6 Å². The van der Waals surface area contributed by atoms with Crippen LogP contribution in [-0.2, 0) is 10.0 Å². The molecule has 0 aliphatic heterocycles. The van der Waals surface area contributed by atoms with Crippen LogP contribution in [0.15, 0.2) is 52.2 Å². The van der Waals surface area contributed by atoms with Crippen LogP contribution in [0.3, 0.4) is 0 Å². The minimum absolute atomic E-state index is 0.0902. The highest BCUT2D eigenvalue weighted by Gasteiger charge is 2.16. The van der Waals surface area contributed by atoms with Gasteiger partial charge in [-0.3, -0.25) is 14.8 Å². The van der Waals surface area contributed by atoms with Crippen molar-refractivity contribution >= 4 is 42.5 Å². The Hall–Kier alpha value is -1.93. The first kappa shape index (κ1) is 13.1. The topological polar surface area (TPSA) is 87.7 Å². The number of rotatable bonds is 3. The number of sulfonamides is 1. The van der Waals surface area contributed by atoms with E-state index in [4.69, 9.17) is 0 Å². The number of anilines is 1. The first-order valence-electron chi connectivity index (χ1n) is 5.62. The Morgan fingerprint density at radius 3 is 2.85 bits per heavy atom. The number of nitrogens with one attached hydrogen (secondary N) is 2. The number of aromatic nitrogens is 3. The van der Waals surface area contributed by atoms with Crippen molar-refractivity contribution in [1.29, 1.82) is 0 Å². The monoisotopic (exact) mass is 352 g/mol. The third-order valence-corrected chi connectivity index (χ3v) is 4.49. The van der Waals surface area contributed by atoms with Gasteiger partial charge in [0.1, 0.15) is 4.90 Å². The summed E-state index contributed by atoms with van der Waals surface area (Å²) in [6.07, 6.45) is 4.39. The van der Waals surface area contributed by atoms with E-state index in [9.17, 15) is 8.42 Å². The molecule has 0 saturated heterocycles. The molecule has 0 radical (unpaired) electrons. The Morgan fingerprint density at radius 2 is 2.05 bits per heavy atom. The number of hydrogen-bond donors (Lipinski definition) is 2. The van der Waals surface area contributed by atoms with E-state index in [1.54, 1.807) is 18.3 Å². The normalized spacial score (nSPS) is 11.7. The molecule has 2 aromatic heterocycles. The Morgan fingerprint density at radius 1 is 1.20 bits per heavy atom. The molecule has 0 bridgehead atoms. The Bertz CT molecular complexity index is 876. The number of H-pyrrole nitrogens is 1. The van der Waals surface area contributed by atoms with E-state index in [0.29, 0.717) is 15.5 Å². The average Bonchev–Trinajstić information content (AvgIpc) is 2.88. The molecule has 3 aromatic rings. The smallest absolute Gasteiger partial charge is 0.263 e. The van der Waals surface area contributed by atoms with Crippen LogP contribution in [0.5, 0.6) is 0 Å². The summed E-state index contributed by atoms with van der Waals surface area (Å²) in [5, 5.41) is 7.40. The molecule has 3 rings (SSSR count). The molecule has 0 fully saturated rings. The SMILES string of the molecule is O=S(=O)(Nc1cccc2[nH]ncc12)c1cncc(Br)c1. The molecule has 0 unspecified atom stereocenters. The number of fused-ring (bicyclic) bond motifs is 1. The second-order valence-electron chi connectivity index (χ2n) is 4.08. The molecular formula is C12H9BrN4O2S. The molecule has 8 heteroatoms. The minimum Gasteiger partial charge on any atom is -0.279 e. The molecule has 0 saturated carbocycles. The number of aromatic amines is 1. The van der Waals surface area contributed by atoms with Gasteiger partial charge in [0.15, 0.2) is 0 Å². The van der Waals surface area contributed by atoms with Crippen LogP contribution in [0.2, 0.25) is 0 Å². The van der Waals surface area contributed by atoms with E-state index in [1.165, 1.54) is 18.5 Å². The van der Waals surface area contributed by atoms with Crippen LogP contribution < -0.4 is 4.72 Å². The number of nitrogens with zero attached hydrogens (tertiary/aromatic N) is 2. The van der Waals surface area contributed by atoms with Crippen molar-refractivity contribution in [3.8, 4) is 0 Å². The zero-order chi connectivity index (χ0) is 14.2. The number of hydrogen-bond acceptors (Lipinski definition) is 4. The fraction of sp³-hybridized carbons (Fsp3) is 0. The van der Waals surface area contributed by atoms with Gasteiger partial charge in [-0.05, 0) is 34.1 Å². The second kappa shape index (κ2) is 4.88. The van der Waals surface area contributed by atoms with E-state index in [1.807, 2.05) is 6.07 Å². The lowest BCUT2D eigenvalue weighted by Gasteiger charge is -2.08. The number of halogens is 1. The highest BCUT2D eigenvalue weighted by Crippen LogP contribution is 2.24.